The Kier molecular flexibility index (Phi) is 4.04. The Balaban J connectivity index is 1.87. The maximum Gasteiger partial charge on any atom is 0.175 e. The normalized spacial score (nSPS) is 12.7. The zero-order valence-corrected chi connectivity index (χ0v) is 12.2. The fourth-order valence-electron chi connectivity index (χ4n) is 2.24. The molecule has 0 spiro atoms. The molecule has 1 atom stereocenters. The van der Waals surface area contributed by atoms with Crippen molar-refractivity contribution >= 4 is 22.3 Å². The van der Waals surface area contributed by atoms with Crippen LogP contribution in [-0.2, 0) is 0 Å². The Hall–Kier alpha value is -1.78. The lowest BCUT2D eigenvalue weighted by Gasteiger charge is -2.18. The topological polar surface area (TPSA) is 34.4 Å². The van der Waals surface area contributed by atoms with Crippen LogP contribution in [0.15, 0.2) is 51.8 Å². The van der Waals surface area contributed by atoms with Crippen LogP contribution in [0.3, 0.4) is 0 Å². The molecule has 0 fully saturated rings. The Morgan fingerprint density at radius 1 is 1.30 bits per heavy atom. The molecule has 1 N–H and O–H groups in total. The number of fused-ring (bicyclic) bond motifs is 1. The van der Waals surface area contributed by atoms with Gasteiger partial charge in [0.15, 0.2) is 11.3 Å². The average molecular weight is 287 g/mol. The maximum absolute atomic E-state index is 6.21. The van der Waals surface area contributed by atoms with Crippen molar-refractivity contribution in [2.45, 2.75) is 12.5 Å². The minimum Gasteiger partial charge on any atom is -0.482 e. The lowest BCUT2D eigenvalue weighted by molar-refractivity contribution is 0.196. The van der Waals surface area contributed by atoms with Crippen LogP contribution < -0.4 is 10.1 Å². The molecule has 3 nitrogen and oxygen atoms in total. The second-order valence-corrected chi connectivity index (χ2v) is 5.43. The van der Waals surface area contributed by atoms with Crippen molar-refractivity contribution in [2.75, 3.05) is 13.6 Å². The molecule has 0 amide bonds. The standard InChI is InChI=1S/C16H17NO2S/c1-17-8-5-14(13-7-10-20-11-13)19-15-4-2-3-12-6-9-18-16(12)15/h2-4,6-7,9-11,14,17H,5,8H2,1H3/t14-/m1/s1. The number of ether oxygens (including phenoxy) is 1. The van der Waals surface area contributed by atoms with Gasteiger partial charge < -0.3 is 14.5 Å². The minimum atomic E-state index is 0.0457. The first-order valence-electron chi connectivity index (χ1n) is 6.68. The lowest BCUT2D eigenvalue weighted by Crippen LogP contribution is -2.15. The molecule has 0 aliphatic carbocycles. The summed E-state index contributed by atoms with van der Waals surface area (Å²) in [6, 6.07) is 10.1. The summed E-state index contributed by atoms with van der Waals surface area (Å²) in [5.74, 6) is 0.805. The maximum atomic E-state index is 6.21. The van der Waals surface area contributed by atoms with Crippen LogP contribution in [-0.4, -0.2) is 13.6 Å². The van der Waals surface area contributed by atoms with Gasteiger partial charge in [-0.25, -0.2) is 0 Å². The van der Waals surface area contributed by atoms with Crippen LogP contribution in [0.2, 0.25) is 0 Å². The summed E-state index contributed by atoms with van der Waals surface area (Å²) in [6.07, 6.45) is 2.67. The number of rotatable bonds is 6. The molecule has 2 aromatic heterocycles. The highest BCUT2D eigenvalue weighted by molar-refractivity contribution is 7.07. The second-order valence-electron chi connectivity index (χ2n) is 4.65. The monoisotopic (exact) mass is 287 g/mol. The van der Waals surface area contributed by atoms with Crippen LogP contribution in [0.1, 0.15) is 18.1 Å². The van der Waals surface area contributed by atoms with Crippen molar-refractivity contribution in [3.8, 4) is 5.75 Å². The summed E-state index contributed by atoms with van der Waals surface area (Å²) in [4.78, 5) is 0. The molecule has 0 saturated heterocycles. The van der Waals surface area contributed by atoms with Crippen molar-refractivity contribution in [2.24, 2.45) is 0 Å². The molecule has 4 heteroatoms. The number of hydrogen-bond acceptors (Lipinski definition) is 4. The third-order valence-electron chi connectivity index (χ3n) is 3.28. The summed E-state index contributed by atoms with van der Waals surface area (Å²) in [5, 5.41) is 8.47. The van der Waals surface area contributed by atoms with Gasteiger partial charge in [-0.1, -0.05) is 12.1 Å². The largest absolute Gasteiger partial charge is 0.482 e. The molecule has 0 unspecified atom stereocenters. The highest BCUT2D eigenvalue weighted by atomic mass is 32.1. The van der Waals surface area contributed by atoms with Gasteiger partial charge in [0, 0.05) is 17.4 Å². The fourth-order valence-corrected chi connectivity index (χ4v) is 2.94. The van der Waals surface area contributed by atoms with E-state index in [0.717, 1.165) is 29.7 Å². The van der Waals surface area contributed by atoms with E-state index in [1.807, 2.05) is 31.3 Å². The van der Waals surface area contributed by atoms with Crippen LogP contribution in [0.4, 0.5) is 0 Å². The summed E-state index contributed by atoms with van der Waals surface area (Å²) in [5.41, 5.74) is 2.03. The summed E-state index contributed by atoms with van der Waals surface area (Å²) in [7, 11) is 1.96. The average Bonchev–Trinajstić information content (AvgIpc) is 3.14. The van der Waals surface area contributed by atoms with Crippen molar-refractivity contribution in [3.05, 3.63) is 52.9 Å². The zero-order valence-electron chi connectivity index (χ0n) is 11.3. The van der Waals surface area contributed by atoms with E-state index in [4.69, 9.17) is 9.15 Å². The molecule has 0 aliphatic heterocycles. The number of benzene rings is 1. The first-order valence-corrected chi connectivity index (χ1v) is 7.62. The molecule has 3 rings (SSSR count). The highest BCUT2D eigenvalue weighted by Crippen LogP contribution is 2.32. The summed E-state index contributed by atoms with van der Waals surface area (Å²) in [6.45, 7) is 0.911. The van der Waals surface area contributed by atoms with Crippen molar-refractivity contribution in [1.82, 2.24) is 5.32 Å². The van der Waals surface area contributed by atoms with Gasteiger partial charge in [-0.05, 0) is 42.6 Å². The number of hydrogen-bond donors (Lipinski definition) is 1. The van der Waals surface area contributed by atoms with Crippen molar-refractivity contribution in [3.63, 3.8) is 0 Å². The SMILES string of the molecule is CNCC[C@@H](Oc1cccc2ccoc12)c1ccsc1. The first kappa shape index (κ1) is 13.2. The Morgan fingerprint density at radius 3 is 3.05 bits per heavy atom. The van der Waals surface area contributed by atoms with Gasteiger partial charge in [0.1, 0.15) is 6.10 Å². The summed E-state index contributed by atoms with van der Waals surface area (Å²) < 4.78 is 11.7. The van der Waals surface area contributed by atoms with Crippen molar-refractivity contribution < 1.29 is 9.15 Å². The lowest BCUT2D eigenvalue weighted by atomic mass is 10.1. The Morgan fingerprint density at radius 2 is 2.25 bits per heavy atom. The van der Waals surface area contributed by atoms with Crippen LogP contribution >= 0.6 is 11.3 Å². The van der Waals surface area contributed by atoms with Gasteiger partial charge in [-0.2, -0.15) is 11.3 Å². The molecular formula is C16H17NO2S. The van der Waals surface area contributed by atoms with Crippen molar-refractivity contribution in [1.29, 1.82) is 0 Å². The predicted molar refractivity (Wildman–Crippen MR) is 82.4 cm³/mol. The molecule has 104 valence electrons. The molecule has 0 saturated carbocycles. The number of thiophene rings is 1. The van der Waals surface area contributed by atoms with Gasteiger partial charge in [0.05, 0.1) is 6.26 Å². The second kappa shape index (κ2) is 6.11. The molecule has 0 radical (unpaired) electrons. The van der Waals surface area contributed by atoms with Gasteiger partial charge >= 0.3 is 0 Å². The number of para-hydroxylation sites is 1. The van der Waals surface area contributed by atoms with E-state index in [2.05, 4.69) is 22.1 Å². The molecule has 2 heterocycles. The zero-order chi connectivity index (χ0) is 13.8. The molecule has 3 aromatic rings. The molecule has 0 aliphatic rings. The van der Waals surface area contributed by atoms with E-state index in [1.54, 1.807) is 17.6 Å². The first-order chi connectivity index (χ1) is 9.88. The third-order valence-corrected chi connectivity index (χ3v) is 3.99. The van der Waals surface area contributed by atoms with Gasteiger partial charge in [-0.15, -0.1) is 0 Å². The van der Waals surface area contributed by atoms with E-state index < -0.39 is 0 Å². The minimum absolute atomic E-state index is 0.0457. The highest BCUT2D eigenvalue weighted by Gasteiger charge is 2.16. The third kappa shape index (κ3) is 2.71. The molecule has 20 heavy (non-hydrogen) atoms. The van der Waals surface area contributed by atoms with Gasteiger partial charge in [0.2, 0.25) is 0 Å². The molecule has 1 aromatic carbocycles. The predicted octanol–water partition coefficient (Wildman–Crippen LogP) is 4.22. The molecular weight excluding hydrogens is 270 g/mol. The van der Waals surface area contributed by atoms with Crippen LogP contribution in [0.5, 0.6) is 5.75 Å². The quantitative estimate of drug-likeness (QED) is 0.737. The van der Waals surface area contributed by atoms with E-state index >= 15 is 0 Å². The van der Waals surface area contributed by atoms with Crippen LogP contribution in [0.25, 0.3) is 11.0 Å². The van der Waals surface area contributed by atoms with E-state index in [9.17, 15) is 0 Å². The molecule has 0 bridgehead atoms. The number of furan rings is 1. The fraction of sp³-hybridized carbons (Fsp3) is 0.250. The van der Waals surface area contributed by atoms with E-state index in [-0.39, 0.29) is 6.10 Å². The van der Waals surface area contributed by atoms with Gasteiger partial charge in [-0.3, -0.25) is 0 Å². The van der Waals surface area contributed by atoms with Gasteiger partial charge in [0.25, 0.3) is 0 Å². The smallest absolute Gasteiger partial charge is 0.175 e. The van der Waals surface area contributed by atoms with E-state index in [1.165, 1.54) is 5.56 Å². The Labute approximate surface area is 122 Å². The number of nitrogens with one attached hydrogen (secondary N) is 1. The Bertz CT molecular complexity index is 660. The summed E-state index contributed by atoms with van der Waals surface area (Å²) >= 11 is 1.69. The van der Waals surface area contributed by atoms with Crippen LogP contribution in [0, 0.1) is 0 Å². The van der Waals surface area contributed by atoms with E-state index in [0.29, 0.717) is 0 Å².